The second kappa shape index (κ2) is 7.63. The Morgan fingerprint density at radius 3 is 2.27 bits per heavy atom. The molecule has 0 spiro atoms. The summed E-state index contributed by atoms with van der Waals surface area (Å²) in [5.41, 5.74) is 0. The highest BCUT2D eigenvalue weighted by atomic mass is 16.5. The Labute approximate surface area is 93.7 Å². The van der Waals surface area contributed by atoms with E-state index in [1.165, 1.54) is 18.9 Å². The van der Waals surface area contributed by atoms with Gasteiger partial charge in [-0.05, 0) is 32.3 Å². The van der Waals surface area contributed by atoms with Crippen LogP contribution < -0.4 is 0 Å². The molecule has 0 saturated carbocycles. The molecule has 88 valence electrons. The highest BCUT2D eigenvalue weighted by Crippen LogP contribution is 2.17. The number of hydrogen-bond acceptors (Lipinski definition) is 2. The van der Waals surface area contributed by atoms with E-state index in [1.54, 1.807) is 6.92 Å². The van der Waals surface area contributed by atoms with E-state index < -0.39 is 0 Å². The lowest BCUT2D eigenvalue weighted by Crippen LogP contribution is -2.25. The van der Waals surface area contributed by atoms with Gasteiger partial charge in [0.2, 0.25) is 0 Å². The van der Waals surface area contributed by atoms with Crippen molar-refractivity contribution in [3.63, 3.8) is 0 Å². The normalized spacial score (nSPS) is 15.0. The Bertz CT molecular complexity index is 195. The van der Waals surface area contributed by atoms with Gasteiger partial charge in [0.15, 0.2) is 5.78 Å². The summed E-state index contributed by atoms with van der Waals surface area (Å²) >= 11 is 0. The molecule has 0 aromatic rings. The third-order valence-corrected chi connectivity index (χ3v) is 2.86. The van der Waals surface area contributed by atoms with Crippen molar-refractivity contribution >= 4 is 5.78 Å². The molecule has 2 unspecified atom stereocenters. The monoisotopic (exact) mass is 212 g/mol. The van der Waals surface area contributed by atoms with Crippen LogP contribution in [0.3, 0.4) is 0 Å². The molecule has 0 saturated heterocycles. The van der Waals surface area contributed by atoms with Crippen LogP contribution in [0.1, 0.15) is 47.0 Å². The Balaban J connectivity index is 3.96. The summed E-state index contributed by atoms with van der Waals surface area (Å²) in [5, 5.41) is 0. The largest absolute Gasteiger partial charge is 0.367 e. The van der Waals surface area contributed by atoms with Crippen molar-refractivity contribution in [2.45, 2.75) is 59.2 Å². The van der Waals surface area contributed by atoms with Crippen molar-refractivity contribution in [3.05, 3.63) is 12.7 Å². The smallest absolute Gasteiger partial charge is 0.183 e. The molecule has 0 amide bonds. The molecule has 0 heterocycles. The standard InChI is InChI=1S/C13H24O2/c1-6-12(7-2)9-10(4)15-11(5)13(14)8-3/h8,10-12H,3,6-7,9H2,1-2,4-5H3. The first kappa shape index (κ1) is 14.4. The average molecular weight is 212 g/mol. The number of ether oxygens (including phenoxy) is 1. The SMILES string of the molecule is C=CC(=O)C(C)OC(C)CC(CC)CC. The zero-order valence-electron chi connectivity index (χ0n) is 10.5. The molecule has 15 heavy (non-hydrogen) atoms. The second-order valence-corrected chi connectivity index (χ2v) is 4.11. The van der Waals surface area contributed by atoms with Gasteiger partial charge >= 0.3 is 0 Å². The molecule has 0 aliphatic rings. The van der Waals surface area contributed by atoms with Crippen LogP contribution in [0.5, 0.6) is 0 Å². The lowest BCUT2D eigenvalue weighted by molar-refractivity contribution is -0.128. The molecule has 0 aliphatic heterocycles. The number of hydrogen-bond donors (Lipinski definition) is 0. The average Bonchev–Trinajstić information content (AvgIpc) is 2.24. The first-order chi connectivity index (χ1) is 7.04. The van der Waals surface area contributed by atoms with Gasteiger partial charge in [0.25, 0.3) is 0 Å². The van der Waals surface area contributed by atoms with Crippen LogP contribution in [0.25, 0.3) is 0 Å². The van der Waals surface area contributed by atoms with E-state index in [0.717, 1.165) is 6.42 Å². The van der Waals surface area contributed by atoms with Gasteiger partial charge in [-0.25, -0.2) is 0 Å². The van der Waals surface area contributed by atoms with Gasteiger partial charge in [0.05, 0.1) is 6.10 Å². The van der Waals surface area contributed by atoms with Crippen molar-refractivity contribution < 1.29 is 9.53 Å². The number of ketones is 1. The summed E-state index contributed by atoms with van der Waals surface area (Å²) in [5.74, 6) is 0.664. The van der Waals surface area contributed by atoms with Crippen molar-refractivity contribution in [1.29, 1.82) is 0 Å². The molecule has 0 bridgehead atoms. The Kier molecular flexibility index (Phi) is 7.31. The van der Waals surface area contributed by atoms with Crippen molar-refractivity contribution in [1.82, 2.24) is 0 Å². The molecule has 2 heteroatoms. The third-order valence-electron chi connectivity index (χ3n) is 2.86. The van der Waals surface area contributed by atoms with Gasteiger partial charge in [-0.3, -0.25) is 4.79 Å². The number of rotatable bonds is 8. The van der Waals surface area contributed by atoms with Gasteiger partial charge in [-0.1, -0.05) is 33.3 Å². The highest BCUT2D eigenvalue weighted by molar-refractivity contribution is 5.92. The van der Waals surface area contributed by atoms with E-state index in [0.29, 0.717) is 5.92 Å². The van der Waals surface area contributed by atoms with Gasteiger partial charge in [0.1, 0.15) is 6.10 Å². The Hall–Kier alpha value is -0.630. The highest BCUT2D eigenvalue weighted by Gasteiger charge is 2.16. The van der Waals surface area contributed by atoms with Crippen LogP contribution in [-0.2, 0) is 9.53 Å². The molecule has 2 nitrogen and oxygen atoms in total. The maximum Gasteiger partial charge on any atom is 0.183 e. The number of carbonyl (C=O) groups excluding carboxylic acids is 1. The van der Waals surface area contributed by atoms with E-state index in [4.69, 9.17) is 4.74 Å². The van der Waals surface area contributed by atoms with E-state index in [1.807, 2.05) is 6.92 Å². The first-order valence-electron chi connectivity index (χ1n) is 5.86. The maximum atomic E-state index is 11.2. The Morgan fingerprint density at radius 1 is 1.33 bits per heavy atom. The van der Waals surface area contributed by atoms with E-state index in [-0.39, 0.29) is 18.0 Å². The topological polar surface area (TPSA) is 26.3 Å². The Morgan fingerprint density at radius 2 is 1.87 bits per heavy atom. The molecule has 0 aromatic heterocycles. The fourth-order valence-electron chi connectivity index (χ4n) is 1.73. The van der Waals surface area contributed by atoms with E-state index >= 15 is 0 Å². The predicted molar refractivity (Wildman–Crippen MR) is 63.9 cm³/mol. The summed E-state index contributed by atoms with van der Waals surface area (Å²) in [6.45, 7) is 11.7. The molecular formula is C13H24O2. The molecule has 0 N–H and O–H groups in total. The van der Waals surface area contributed by atoms with Gasteiger partial charge in [-0.15, -0.1) is 0 Å². The summed E-state index contributed by atoms with van der Waals surface area (Å²) in [4.78, 5) is 11.2. The molecule has 0 aliphatic carbocycles. The zero-order chi connectivity index (χ0) is 11.8. The maximum absolute atomic E-state index is 11.2. The molecule has 0 rings (SSSR count). The second-order valence-electron chi connectivity index (χ2n) is 4.11. The summed E-state index contributed by atoms with van der Waals surface area (Å²) < 4.78 is 5.62. The van der Waals surface area contributed by atoms with Crippen LogP contribution in [0, 0.1) is 5.92 Å². The molecule has 0 fully saturated rings. The van der Waals surface area contributed by atoms with Crippen LogP contribution in [0.2, 0.25) is 0 Å². The fourth-order valence-corrected chi connectivity index (χ4v) is 1.73. The van der Waals surface area contributed by atoms with Gasteiger partial charge < -0.3 is 4.74 Å². The molecule has 2 atom stereocenters. The van der Waals surface area contributed by atoms with E-state index in [2.05, 4.69) is 20.4 Å². The minimum Gasteiger partial charge on any atom is -0.367 e. The van der Waals surface area contributed by atoms with Crippen LogP contribution in [-0.4, -0.2) is 18.0 Å². The van der Waals surface area contributed by atoms with E-state index in [9.17, 15) is 4.79 Å². The fraction of sp³-hybridized carbons (Fsp3) is 0.769. The summed E-state index contributed by atoms with van der Waals surface area (Å²) in [6, 6.07) is 0. The van der Waals surface area contributed by atoms with Crippen molar-refractivity contribution in [3.8, 4) is 0 Å². The lowest BCUT2D eigenvalue weighted by atomic mass is 9.96. The molecule has 0 aromatic carbocycles. The van der Waals surface area contributed by atoms with Gasteiger partial charge in [-0.2, -0.15) is 0 Å². The van der Waals surface area contributed by atoms with Crippen molar-refractivity contribution in [2.24, 2.45) is 5.92 Å². The first-order valence-corrected chi connectivity index (χ1v) is 5.86. The third kappa shape index (κ3) is 5.73. The zero-order valence-corrected chi connectivity index (χ0v) is 10.5. The van der Waals surface area contributed by atoms with Crippen LogP contribution >= 0.6 is 0 Å². The predicted octanol–water partition coefficient (Wildman–Crippen LogP) is 3.36. The van der Waals surface area contributed by atoms with Gasteiger partial charge in [0, 0.05) is 0 Å². The number of carbonyl (C=O) groups is 1. The summed E-state index contributed by atoms with van der Waals surface area (Å²) in [6.07, 6.45) is 4.50. The lowest BCUT2D eigenvalue weighted by Gasteiger charge is -2.21. The van der Waals surface area contributed by atoms with Crippen LogP contribution in [0.15, 0.2) is 12.7 Å². The summed E-state index contributed by atoms with van der Waals surface area (Å²) in [7, 11) is 0. The molecular weight excluding hydrogens is 188 g/mol. The van der Waals surface area contributed by atoms with Crippen LogP contribution in [0.4, 0.5) is 0 Å². The molecule has 0 radical (unpaired) electrons. The minimum absolute atomic E-state index is 0.0357. The quantitative estimate of drug-likeness (QED) is 0.577. The minimum atomic E-state index is -0.355. The van der Waals surface area contributed by atoms with Crippen molar-refractivity contribution in [2.75, 3.05) is 0 Å².